The van der Waals surface area contributed by atoms with Gasteiger partial charge in [-0.3, -0.25) is 9.59 Å². The van der Waals surface area contributed by atoms with Crippen molar-refractivity contribution in [1.29, 1.82) is 0 Å². The Kier molecular flexibility index (Phi) is 2.97. The van der Waals surface area contributed by atoms with Gasteiger partial charge in [0.25, 0.3) is 5.91 Å². The Morgan fingerprint density at radius 2 is 2.05 bits per heavy atom. The lowest BCUT2D eigenvalue weighted by molar-refractivity contribution is -0.145. The van der Waals surface area contributed by atoms with Gasteiger partial charge >= 0.3 is 5.97 Å². The number of aryl methyl sites for hydroxylation is 1. The van der Waals surface area contributed by atoms with Gasteiger partial charge in [0, 0.05) is 11.4 Å². The van der Waals surface area contributed by atoms with Crippen LogP contribution >= 0.6 is 0 Å². The van der Waals surface area contributed by atoms with E-state index in [1.54, 1.807) is 6.07 Å². The number of rotatable bonds is 3. The van der Waals surface area contributed by atoms with E-state index < -0.39 is 5.97 Å². The normalized spacial score (nSPS) is 21.4. The van der Waals surface area contributed by atoms with Crippen LogP contribution in [0.1, 0.15) is 29.0 Å². The van der Waals surface area contributed by atoms with Crippen molar-refractivity contribution in [3.63, 3.8) is 0 Å². The maximum atomic E-state index is 12.0. The highest BCUT2D eigenvalue weighted by Gasteiger charge is 2.35. The van der Waals surface area contributed by atoms with Crippen molar-refractivity contribution in [3.05, 3.63) is 35.6 Å². The number of carboxylic acid groups (broad SMARTS) is 1. The minimum Gasteiger partial charge on any atom is -0.481 e. The summed E-state index contributed by atoms with van der Waals surface area (Å²) in [4.78, 5) is 22.7. The summed E-state index contributed by atoms with van der Waals surface area (Å²) < 4.78 is 5.50. The predicted molar refractivity (Wildman–Crippen MR) is 72.6 cm³/mol. The fraction of sp³-hybridized carbons (Fsp3) is 0.333. The molecule has 1 fully saturated rings. The molecule has 5 nitrogen and oxygen atoms in total. The summed E-state index contributed by atoms with van der Waals surface area (Å²) in [5.74, 6) is -1.15. The van der Waals surface area contributed by atoms with E-state index in [9.17, 15) is 9.59 Å². The van der Waals surface area contributed by atoms with Crippen molar-refractivity contribution in [2.75, 3.05) is 0 Å². The molecule has 104 valence electrons. The maximum absolute atomic E-state index is 12.0. The van der Waals surface area contributed by atoms with Gasteiger partial charge in [0.05, 0.1) is 5.92 Å². The molecule has 1 aliphatic carbocycles. The average molecular weight is 273 g/mol. The summed E-state index contributed by atoms with van der Waals surface area (Å²) in [5.41, 5.74) is 1.78. The van der Waals surface area contributed by atoms with Crippen LogP contribution in [0.3, 0.4) is 0 Å². The molecule has 1 aromatic heterocycles. The number of fused-ring (bicyclic) bond motifs is 1. The lowest BCUT2D eigenvalue weighted by atomic mass is 9.80. The smallest absolute Gasteiger partial charge is 0.306 e. The van der Waals surface area contributed by atoms with Crippen LogP contribution in [0.5, 0.6) is 0 Å². The topological polar surface area (TPSA) is 79.5 Å². The first-order valence-corrected chi connectivity index (χ1v) is 6.57. The molecule has 1 amide bonds. The summed E-state index contributed by atoms with van der Waals surface area (Å²) in [6.45, 7) is 1.98. The van der Waals surface area contributed by atoms with Crippen LogP contribution in [0.15, 0.2) is 28.7 Å². The first-order valence-electron chi connectivity index (χ1n) is 6.57. The van der Waals surface area contributed by atoms with Crippen molar-refractivity contribution in [2.24, 2.45) is 5.92 Å². The van der Waals surface area contributed by atoms with Crippen molar-refractivity contribution in [3.8, 4) is 0 Å². The zero-order chi connectivity index (χ0) is 14.3. The van der Waals surface area contributed by atoms with Gasteiger partial charge in [-0.1, -0.05) is 11.6 Å². The summed E-state index contributed by atoms with van der Waals surface area (Å²) in [5, 5.41) is 12.5. The van der Waals surface area contributed by atoms with Gasteiger partial charge in [-0.05, 0) is 38.0 Å². The SMILES string of the molecule is Cc1ccc2oc(C(=O)NC3CC(C(=O)O)C3)cc2c1. The van der Waals surface area contributed by atoms with Gasteiger partial charge in [0.15, 0.2) is 5.76 Å². The molecule has 1 aromatic carbocycles. The highest BCUT2D eigenvalue weighted by molar-refractivity contribution is 5.96. The third-order valence-corrected chi connectivity index (χ3v) is 3.72. The highest BCUT2D eigenvalue weighted by Crippen LogP contribution is 2.28. The number of amides is 1. The second-order valence-electron chi connectivity index (χ2n) is 5.33. The minimum absolute atomic E-state index is 0.0708. The molecule has 2 N–H and O–H groups in total. The van der Waals surface area contributed by atoms with E-state index in [2.05, 4.69) is 5.32 Å². The number of carboxylic acids is 1. The van der Waals surface area contributed by atoms with Crippen molar-refractivity contribution in [1.82, 2.24) is 5.32 Å². The van der Waals surface area contributed by atoms with Gasteiger partial charge in [0.1, 0.15) is 5.58 Å². The summed E-state index contributed by atoms with van der Waals surface area (Å²) in [6.07, 6.45) is 0.973. The van der Waals surface area contributed by atoms with E-state index in [1.807, 2.05) is 25.1 Å². The standard InChI is InChI=1S/C15H15NO4/c1-8-2-3-12-9(4-8)7-13(20-12)14(17)16-11-5-10(6-11)15(18)19/h2-4,7,10-11H,5-6H2,1H3,(H,16,17)(H,18,19). The molecule has 5 heteroatoms. The quantitative estimate of drug-likeness (QED) is 0.899. The maximum Gasteiger partial charge on any atom is 0.306 e. The molecule has 0 spiro atoms. The summed E-state index contributed by atoms with van der Waals surface area (Å²) in [7, 11) is 0. The first kappa shape index (κ1) is 12.7. The highest BCUT2D eigenvalue weighted by atomic mass is 16.4. The number of nitrogens with one attached hydrogen (secondary N) is 1. The number of hydrogen-bond donors (Lipinski definition) is 2. The second kappa shape index (κ2) is 4.67. The molecule has 20 heavy (non-hydrogen) atoms. The van der Waals surface area contributed by atoms with Crippen LogP contribution in [0.25, 0.3) is 11.0 Å². The Labute approximate surface area is 115 Å². The predicted octanol–water partition coefficient (Wildman–Crippen LogP) is 2.33. The molecule has 2 aromatic rings. The number of carbonyl (C=O) groups excluding carboxylic acids is 1. The van der Waals surface area contributed by atoms with Crippen LogP contribution in [-0.4, -0.2) is 23.0 Å². The second-order valence-corrected chi connectivity index (χ2v) is 5.33. The number of hydrogen-bond acceptors (Lipinski definition) is 3. The molecular weight excluding hydrogens is 258 g/mol. The van der Waals surface area contributed by atoms with E-state index in [1.165, 1.54) is 0 Å². The molecule has 0 atom stereocenters. The van der Waals surface area contributed by atoms with Crippen LogP contribution < -0.4 is 5.32 Å². The molecule has 1 saturated carbocycles. The molecule has 1 aliphatic rings. The fourth-order valence-corrected chi connectivity index (χ4v) is 2.47. The van der Waals surface area contributed by atoms with Crippen LogP contribution in [0.4, 0.5) is 0 Å². The largest absolute Gasteiger partial charge is 0.481 e. The van der Waals surface area contributed by atoms with E-state index in [0.29, 0.717) is 18.4 Å². The first-order chi connectivity index (χ1) is 9.52. The molecule has 0 saturated heterocycles. The summed E-state index contributed by atoms with van der Waals surface area (Å²) >= 11 is 0. The lowest BCUT2D eigenvalue weighted by Gasteiger charge is -2.32. The van der Waals surface area contributed by atoms with E-state index in [4.69, 9.17) is 9.52 Å². The Morgan fingerprint density at radius 3 is 2.75 bits per heavy atom. The van der Waals surface area contributed by atoms with E-state index in [0.717, 1.165) is 10.9 Å². The van der Waals surface area contributed by atoms with Gasteiger partial charge in [-0.25, -0.2) is 0 Å². The molecule has 0 bridgehead atoms. The number of furan rings is 1. The third-order valence-electron chi connectivity index (χ3n) is 3.72. The fourth-order valence-electron chi connectivity index (χ4n) is 2.47. The van der Waals surface area contributed by atoms with Crippen molar-refractivity contribution in [2.45, 2.75) is 25.8 Å². The van der Waals surface area contributed by atoms with Crippen LogP contribution in [0, 0.1) is 12.8 Å². The molecule has 0 unspecified atom stereocenters. The van der Waals surface area contributed by atoms with Gasteiger partial charge in [-0.2, -0.15) is 0 Å². The zero-order valence-electron chi connectivity index (χ0n) is 11.1. The van der Waals surface area contributed by atoms with Crippen LogP contribution in [0.2, 0.25) is 0 Å². The molecular formula is C15H15NO4. The van der Waals surface area contributed by atoms with Crippen molar-refractivity contribution >= 4 is 22.8 Å². The van der Waals surface area contributed by atoms with Crippen molar-refractivity contribution < 1.29 is 19.1 Å². The van der Waals surface area contributed by atoms with E-state index in [-0.39, 0.29) is 23.6 Å². The summed E-state index contributed by atoms with van der Waals surface area (Å²) in [6, 6.07) is 7.37. The molecule has 1 heterocycles. The third kappa shape index (κ3) is 2.27. The zero-order valence-corrected chi connectivity index (χ0v) is 11.1. The van der Waals surface area contributed by atoms with Crippen LogP contribution in [-0.2, 0) is 4.79 Å². The Morgan fingerprint density at radius 1 is 1.30 bits per heavy atom. The van der Waals surface area contributed by atoms with Gasteiger partial charge in [-0.15, -0.1) is 0 Å². The van der Waals surface area contributed by atoms with E-state index >= 15 is 0 Å². The Bertz CT molecular complexity index is 682. The lowest BCUT2D eigenvalue weighted by Crippen LogP contribution is -2.46. The Hall–Kier alpha value is -2.30. The Balaban J connectivity index is 1.69. The van der Waals surface area contributed by atoms with Gasteiger partial charge in [0.2, 0.25) is 0 Å². The number of benzene rings is 1. The number of aliphatic carboxylic acids is 1. The average Bonchev–Trinajstić information content (AvgIpc) is 2.75. The molecule has 0 radical (unpaired) electrons. The molecule has 3 rings (SSSR count). The number of carbonyl (C=O) groups is 2. The molecule has 0 aliphatic heterocycles. The minimum atomic E-state index is -0.797. The monoisotopic (exact) mass is 273 g/mol. The van der Waals surface area contributed by atoms with Gasteiger partial charge < -0.3 is 14.8 Å².